The van der Waals surface area contributed by atoms with Crippen molar-refractivity contribution in [2.24, 2.45) is 5.92 Å². The minimum atomic E-state index is -0.111. The van der Waals surface area contributed by atoms with E-state index in [2.05, 4.69) is 11.8 Å². The Hall–Kier alpha value is -1.29. The van der Waals surface area contributed by atoms with Gasteiger partial charge >= 0.3 is 0 Å². The molecule has 0 heterocycles. The second-order valence-corrected chi connectivity index (χ2v) is 3.87. The Balaban J connectivity index is 2.72. The van der Waals surface area contributed by atoms with E-state index in [9.17, 15) is 4.39 Å². The lowest BCUT2D eigenvalue weighted by molar-refractivity contribution is 0.594. The molecule has 0 bridgehead atoms. The summed E-state index contributed by atoms with van der Waals surface area (Å²) in [5.74, 6) is 6.25. The molecule has 15 heavy (non-hydrogen) atoms. The molecule has 1 aromatic rings. The lowest BCUT2D eigenvalue weighted by atomic mass is 10.00. The summed E-state index contributed by atoms with van der Waals surface area (Å²) >= 11 is 0. The van der Waals surface area contributed by atoms with Crippen molar-refractivity contribution in [3.8, 4) is 11.8 Å². The number of hydrogen-bond acceptors (Lipinski definition) is 0. The van der Waals surface area contributed by atoms with Crippen LogP contribution in [-0.2, 0) is 6.42 Å². The topological polar surface area (TPSA) is 0 Å². The van der Waals surface area contributed by atoms with E-state index in [-0.39, 0.29) is 11.7 Å². The van der Waals surface area contributed by atoms with Gasteiger partial charge in [0.05, 0.1) is 0 Å². The zero-order valence-electron chi connectivity index (χ0n) is 9.60. The third kappa shape index (κ3) is 3.75. The highest BCUT2D eigenvalue weighted by Gasteiger charge is 2.05. The van der Waals surface area contributed by atoms with E-state index in [1.165, 1.54) is 0 Å². The molecular weight excluding hydrogens is 187 g/mol. The molecule has 1 aromatic carbocycles. The van der Waals surface area contributed by atoms with E-state index in [0.717, 1.165) is 17.5 Å². The first kappa shape index (κ1) is 11.8. The molecule has 0 saturated heterocycles. The van der Waals surface area contributed by atoms with Crippen LogP contribution in [0.25, 0.3) is 0 Å². The maximum atomic E-state index is 13.5. The highest BCUT2D eigenvalue weighted by molar-refractivity contribution is 5.24. The fourth-order valence-corrected chi connectivity index (χ4v) is 1.48. The van der Waals surface area contributed by atoms with Crippen LogP contribution in [0.1, 0.15) is 31.4 Å². The average molecular weight is 204 g/mol. The van der Waals surface area contributed by atoms with Crippen LogP contribution in [-0.4, -0.2) is 0 Å². The molecule has 0 N–H and O–H groups in total. The maximum Gasteiger partial charge on any atom is 0.126 e. The van der Waals surface area contributed by atoms with Gasteiger partial charge in [-0.15, -0.1) is 5.92 Å². The summed E-state index contributed by atoms with van der Waals surface area (Å²) in [7, 11) is 0. The fourth-order valence-electron chi connectivity index (χ4n) is 1.48. The molecule has 0 fully saturated rings. The van der Waals surface area contributed by atoms with E-state index < -0.39 is 0 Å². The minimum Gasteiger partial charge on any atom is -0.207 e. The molecular formula is C14H17F. The Morgan fingerprint density at radius 3 is 2.73 bits per heavy atom. The van der Waals surface area contributed by atoms with Crippen molar-refractivity contribution in [3.63, 3.8) is 0 Å². The summed E-state index contributed by atoms with van der Waals surface area (Å²) in [4.78, 5) is 0. The first-order valence-electron chi connectivity index (χ1n) is 5.37. The van der Waals surface area contributed by atoms with Crippen LogP contribution in [0.3, 0.4) is 0 Å². The number of hydrogen-bond donors (Lipinski definition) is 0. The Morgan fingerprint density at radius 2 is 2.13 bits per heavy atom. The molecule has 0 aromatic heterocycles. The van der Waals surface area contributed by atoms with Crippen molar-refractivity contribution < 1.29 is 4.39 Å². The van der Waals surface area contributed by atoms with Crippen molar-refractivity contribution in [1.29, 1.82) is 0 Å². The van der Waals surface area contributed by atoms with Gasteiger partial charge in [0.2, 0.25) is 0 Å². The van der Waals surface area contributed by atoms with Gasteiger partial charge in [0, 0.05) is 12.3 Å². The highest BCUT2D eigenvalue weighted by Crippen LogP contribution is 2.14. The molecule has 80 valence electrons. The van der Waals surface area contributed by atoms with Crippen LogP contribution in [0.2, 0.25) is 0 Å². The van der Waals surface area contributed by atoms with E-state index in [1.807, 2.05) is 32.9 Å². The summed E-state index contributed by atoms with van der Waals surface area (Å²) in [5, 5.41) is 0. The molecule has 0 nitrogen and oxygen atoms in total. The van der Waals surface area contributed by atoms with Crippen LogP contribution in [0, 0.1) is 30.5 Å². The van der Waals surface area contributed by atoms with Gasteiger partial charge in [-0.05, 0) is 30.5 Å². The third-order valence-electron chi connectivity index (χ3n) is 2.26. The first-order chi connectivity index (χ1) is 7.13. The van der Waals surface area contributed by atoms with Gasteiger partial charge in [-0.2, -0.15) is 0 Å². The Labute approximate surface area is 91.5 Å². The van der Waals surface area contributed by atoms with Gasteiger partial charge in [0.15, 0.2) is 0 Å². The number of rotatable bonds is 2. The van der Waals surface area contributed by atoms with Crippen molar-refractivity contribution >= 4 is 0 Å². The van der Waals surface area contributed by atoms with Gasteiger partial charge in [-0.3, -0.25) is 0 Å². The highest BCUT2D eigenvalue weighted by atomic mass is 19.1. The summed E-state index contributed by atoms with van der Waals surface area (Å²) in [6.07, 6.45) is 1.56. The minimum absolute atomic E-state index is 0.111. The molecule has 0 aliphatic heterocycles. The van der Waals surface area contributed by atoms with E-state index in [0.29, 0.717) is 6.42 Å². The smallest absolute Gasteiger partial charge is 0.126 e. The van der Waals surface area contributed by atoms with E-state index in [1.54, 1.807) is 6.07 Å². The van der Waals surface area contributed by atoms with Crippen molar-refractivity contribution in [2.75, 3.05) is 0 Å². The zero-order valence-corrected chi connectivity index (χ0v) is 9.60. The van der Waals surface area contributed by atoms with Gasteiger partial charge in [0.25, 0.3) is 0 Å². The standard InChI is InChI=1S/C14H17F/c1-4-5-6-11(2)9-13-8-7-12(3)10-14(13)15/h7-8,10-11H,4,9H2,1-3H3. The van der Waals surface area contributed by atoms with Crippen molar-refractivity contribution in [2.45, 2.75) is 33.6 Å². The zero-order chi connectivity index (χ0) is 11.3. The molecule has 0 spiro atoms. The monoisotopic (exact) mass is 204 g/mol. The SMILES string of the molecule is CCC#CC(C)Cc1ccc(C)cc1F. The normalized spacial score (nSPS) is 11.7. The first-order valence-corrected chi connectivity index (χ1v) is 5.37. The molecule has 0 aliphatic carbocycles. The Kier molecular flexibility index (Phi) is 4.37. The number of halogens is 1. The molecule has 1 atom stereocenters. The second kappa shape index (κ2) is 5.56. The third-order valence-corrected chi connectivity index (χ3v) is 2.26. The molecule has 0 aliphatic rings. The molecule has 0 amide bonds. The Bertz CT molecular complexity index is 382. The second-order valence-electron chi connectivity index (χ2n) is 3.87. The summed E-state index contributed by atoms with van der Waals surface area (Å²) in [6, 6.07) is 5.38. The summed E-state index contributed by atoms with van der Waals surface area (Å²) in [5.41, 5.74) is 1.72. The van der Waals surface area contributed by atoms with Gasteiger partial charge in [0.1, 0.15) is 5.82 Å². The molecule has 1 unspecified atom stereocenters. The molecule has 0 radical (unpaired) electrons. The molecule has 1 rings (SSSR count). The van der Waals surface area contributed by atoms with Crippen LogP contribution in [0.4, 0.5) is 4.39 Å². The van der Waals surface area contributed by atoms with Crippen LogP contribution >= 0.6 is 0 Å². The number of benzene rings is 1. The maximum absolute atomic E-state index is 13.5. The van der Waals surface area contributed by atoms with Crippen LogP contribution in [0.5, 0.6) is 0 Å². The predicted molar refractivity (Wildman–Crippen MR) is 62.1 cm³/mol. The average Bonchev–Trinajstić information content (AvgIpc) is 2.19. The quantitative estimate of drug-likeness (QED) is 0.644. The van der Waals surface area contributed by atoms with E-state index in [4.69, 9.17) is 0 Å². The van der Waals surface area contributed by atoms with Gasteiger partial charge in [-0.1, -0.05) is 31.9 Å². The molecule has 0 saturated carbocycles. The Morgan fingerprint density at radius 1 is 1.40 bits per heavy atom. The van der Waals surface area contributed by atoms with Crippen LogP contribution < -0.4 is 0 Å². The van der Waals surface area contributed by atoms with Gasteiger partial charge < -0.3 is 0 Å². The lowest BCUT2D eigenvalue weighted by Crippen LogP contribution is -1.99. The largest absolute Gasteiger partial charge is 0.207 e. The summed E-state index contributed by atoms with van der Waals surface area (Å²) < 4.78 is 13.5. The lowest BCUT2D eigenvalue weighted by Gasteiger charge is -2.06. The van der Waals surface area contributed by atoms with E-state index >= 15 is 0 Å². The van der Waals surface area contributed by atoms with Crippen molar-refractivity contribution in [1.82, 2.24) is 0 Å². The molecule has 1 heteroatoms. The number of aryl methyl sites for hydroxylation is 1. The fraction of sp³-hybridized carbons (Fsp3) is 0.429. The van der Waals surface area contributed by atoms with Crippen molar-refractivity contribution in [3.05, 3.63) is 35.1 Å². The van der Waals surface area contributed by atoms with Crippen LogP contribution in [0.15, 0.2) is 18.2 Å². The van der Waals surface area contributed by atoms with Gasteiger partial charge in [-0.25, -0.2) is 4.39 Å². The summed E-state index contributed by atoms with van der Waals surface area (Å²) in [6.45, 7) is 5.95. The predicted octanol–water partition coefficient (Wildman–Crippen LogP) is 3.73.